The molecule has 0 aromatic carbocycles. The summed E-state index contributed by atoms with van der Waals surface area (Å²) in [5.74, 6) is 0.681. The van der Waals surface area contributed by atoms with Gasteiger partial charge in [0.05, 0.1) is 0 Å². The predicted molar refractivity (Wildman–Crippen MR) is 45.2 cm³/mol. The summed E-state index contributed by atoms with van der Waals surface area (Å²) in [7, 11) is 1.89. The zero-order chi connectivity index (χ0) is 8.72. The maximum atomic E-state index is 11.3. The molecule has 4 nitrogen and oxygen atoms in total. The van der Waals surface area contributed by atoms with Crippen LogP contribution < -0.4 is 5.56 Å². The molecule has 0 atom stereocenters. The van der Waals surface area contributed by atoms with Gasteiger partial charge in [0.25, 0.3) is 5.56 Å². The minimum Gasteiger partial charge on any atom is -0.317 e. The van der Waals surface area contributed by atoms with Gasteiger partial charge in [-0.15, -0.1) is 0 Å². The predicted octanol–water partition coefficient (Wildman–Crippen LogP) is 0.341. The van der Waals surface area contributed by atoms with Gasteiger partial charge >= 0.3 is 0 Å². The van der Waals surface area contributed by atoms with Crippen LogP contribution in [0.1, 0.15) is 5.69 Å². The zero-order valence-corrected chi connectivity index (χ0v) is 6.98. The van der Waals surface area contributed by atoms with E-state index in [2.05, 4.69) is 4.98 Å². The first-order valence-electron chi connectivity index (χ1n) is 3.70. The lowest BCUT2D eigenvalue weighted by atomic mass is 10.5. The maximum absolute atomic E-state index is 11.3. The number of aryl methyl sites for hydroxylation is 2. The topological polar surface area (TPSA) is 39.3 Å². The molecule has 0 bridgehead atoms. The molecule has 2 aromatic rings. The van der Waals surface area contributed by atoms with Crippen LogP contribution in [0.2, 0.25) is 0 Å². The number of fused-ring (bicyclic) bond motifs is 1. The number of hydrogen-bond donors (Lipinski definition) is 0. The van der Waals surface area contributed by atoms with Crippen molar-refractivity contribution in [1.29, 1.82) is 0 Å². The fourth-order valence-electron chi connectivity index (χ4n) is 1.21. The van der Waals surface area contributed by atoms with E-state index >= 15 is 0 Å². The van der Waals surface area contributed by atoms with Gasteiger partial charge < -0.3 is 4.57 Å². The Morgan fingerprint density at radius 3 is 2.92 bits per heavy atom. The van der Waals surface area contributed by atoms with Crippen LogP contribution in [0.15, 0.2) is 23.3 Å². The molecular weight excluding hydrogens is 154 g/mol. The standard InChI is InChI=1S/C8H9N3O/c1-6-5-11-7(12)3-4-9-8(11)10(6)2/h3-5H,1-2H3. The van der Waals surface area contributed by atoms with Gasteiger partial charge in [-0.2, -0.15) is 0 Å². The van der Waals surface area contributed by atoms with Crippen LogP contribution in [0.4, 0.5) is 0 Å². The Morgan fingerprint density at radius 1 is 1.50 bits per heavy atom. The second-order valence-corrected chi connectivity index (χ2v) is 2.78. The van der Waals surface area contributed by atoms with E-state index in [4.69, 9.17) is 0 Å². The first-order valence-corrected chi connectivity index (χ1v) is 3.70. The van der Waals surface area contributed by atoms with Crippen molar-refractivity contribution in [2.24, 2.45) is 7.05 Å². The third-order valence-corrected chi connectivity index (χ3v) is 2.01. The minimum atomic E-state index is -0.0382. The summed E-state index contributed by atoms with van der Waals surface area (Å²) < 4.78 is 3.41. The Hall–Kier alpha value is -1.58. The van der Waals surface area contributed by atoms with Gasteiger partial charge in [-0.1, -0.05) is 0 Å². The van der Waals surface area contributed by atoms with Crippen LogP contribution in [0, 0.1) is 6.92 Å². The summed E-state index contributed by atoms with van der Waals surface area (Å²) in [6.45, 7) is 1.94. The van der Waals surface area contributed by atoms with Crippen molar-refractivity contribution in [1.82, 2.24) is 14.0 Å². The molecule has 0 aliphatic heterocycles. The molecule has 2 heterocycles. The van der Waals surface area contributed by atoms with Crippen molar-refractivity contribution in [3.8, 4) is 0 Å². The van der Waals surface area contributed by atoms with Crippen LogP contribution in [0.3, 0.4) is 0 Å². The average Bonchev–Trinajstić information content (AvgIpc) is 2.32. The maximum Gasteiger partial charge on any atom is 0.259 e. The molecule has 0 aliphatic rings. The molecule has 0 saturated carbocycles. The van der Waals surface area contributed by atoms with E-state index in [1.807, 2.05) is 18.5 Å². The molecule has 0 spiro atoms. The normalized spacial score (nSPS) is 10.8. The molecule has 4 heteroatoms. The molecule has 0 N–H and O–H groups in total. The summed E-state index contributed by atoms with van der Waals surface area (Å²) in [4.78, 5) is 15.3. The van der Waals surface area contributed by atoms with Crippen LogP contribution in [-0.4, -0.2) is 14.0 Å². The van der Waals surface area contributed by atoms with E-state index in [9.17, 15) is 4.79 Å². The number of nitrogens with zero attached hydrogens (tertiary/aromatic N) is 3. The van der Waals surface area contributed by atoms with Gasteiger partial charge in [0.15, 0.2) is 0 Å². The average molecular weight is 163 g/mol. The molecule has 0 saturated heterocycles. The quantitative estimate of drug-likeness (QED) is 0.562. The lowest BCUT2D eigenvalue weighted by Crippen LogP contribution is -2.11. The zero-order valence-electron chi connectivity index (χ0n) is 6.98. The van der Waals surface area contributed by atoms with E-state index in [0.717, 1.165) is 5.69 Å². The lowest BCUT2D eigenvalue weighted by Gasteiger charge is -1.94. The molecule has 62 valence electrons. The molecule has 0 radical (unpaired) electrons. The lowest BCUT2D eigenvalue weighted by molar-refractivity contribution is 0.884. The number of rotatable bonds is 0. The smallest absolute Gasteiger partial charge is 0.259 e. The number of imidazole rings is 1. The van der Waals surface area contributed by atoms with Crippen molar-refractivity contribution in [3.63, 3.8) is 0 Å². The van der Waals surface area contributed by atoms with E-state index in [-0.39, 0.29) is 5.56 Å². The highest BCUT2D eigenvalue weighted by Crippen LogP contribution is 2.01. The van der Waals surface area contributed by atoms with Crippen molar-refractivity contribution >= 4 is 5.78 Å². The Labute approximate surface area is 69.1 Å². The Morgan fingerprint density at radius 2 is 2.25 bits per heavy atom. The highest BCUT2D eigenvalue weighted by Gasteiger charge is 2.02. The highest BCUT2D eigenvalue weighted by atomic mass is 16.1. The van der Waals surface area contributed by atoms with Gasteiger partial charge in [-0.05, 0) is 6.92 Å². The number of hydrogen-bond acceptors (Lipinski definition) is 2. The second-order valence-electron chi connectivity index (χ2n) is 2.78. The van der Waals surface area contributed by atoms with E-state index in [0.29, 0.717) is 5.78 Å². The molecule has 0 unspecified atom stereocenters. The summed E-state index contributed by atoms with van der Waals surface area (Å²) in [6, 6.07) is 1.45. The molecule has 0 fully saturated rings. The summed E-state index contributed by atoms with van der Waals surface area (Å²) in [6.07, 6.45) is 3.31. The van der Waals surface area contributed by atoms with E-state index in [1.54, 1.807) is 6.20 Å². The van der Waals surface area contributed by atoms with Gasteiger partial charge in [0.2, 0.25) is 5.78 Å². The van der Waals surface area contributed by atoms with Crippen molar-refractivity contribution in [2.45, 2.75) is 6.92 Å². The van der Waals surface area contributed by atoms with E-state index in [1.165, 1.54) is 16.7 Å². The van der Waals surface area contributed by atoms with Crippen molar-refractivity contribution in [2.75, 3.05) is 0 Å². The molecule has 2 aromatic heterocycles. The molecular formula is C8H9N3O. The van der Waals surface area contributed by atoms with E-state index < -0.39 is 0 Å². The van der Waals surface area contributed by atoms with Crippen LogP contribution in [0.5, 0.6) is 0 Å². The monoisotopic (exact) mass is 163 g/mol. The third kappa shape index (κ3) is 0.777. The second kappa shape index (κ2) is 2.20. The van der Waals surface area contributed by atoms with Crippen molar-refractivity contribution in [3.05, 3.63) is 34.5 Å². The fraction of sp³-hybridized carbons (Fsp3) is 0.250. The first kappa shape index (κ1) is 7.09. The van der Waals surface area contributed by atoms with Gasteiger partial charge in [0.1, 0.15) is 0 Å². The van der Waals surface area contributed by atoms with Crippen LogP contribution in [-0.2, 0) is 7.05 Å². The molecule has 0 aliphatic carbocycles. The molecule has 0 amide bonds. The highest BCUT2D eigenvalue weighted by molar-refractivity contribution is 5.31. The fourth-order valence-corrected chi connectivity index (χ4v) is 1.21. The Kier molecular flexibility index (Phi) is 1.30. The molecule has 2 rings (SSSR count). The van der Waals surface area contributed by atoms with Crippen molar-refractivity contribution < 1.29 is 0 Å². The SMILES string of the molecule is Cc1cn2c(=O)ccnc2n1C. The summed E-state index contributed by atoms with van der Waals surface area (Å²) >= 11 is 0. The van der Waals surface area contributed by atoms with Crippen LogP contribution >= 0.6 is 0 Å². The van der Waals surface area contributed by atoms with Crippen LogP contribution in [0.25, 0.3) is 5.78 Å². The first-order chi connectivity index (χ1) is 5.70. The molecule has 12 heavy (non-hydrogen) atoms. The van der Waals surface area contributed by atoms with Gasteiger partial charge in [-0.3, -0.25) is 9.20 Å². The summed E-state index contributed by atoms with van der Waals surface area (Å²) in [5.41, 5.74) is 0.981. The summed E-state index contributed by atoms with van der Waals surface area (Å²) in [5, 5.41) is 0. The minimum absolute atomic E-state index is 0.0382. The Bertz CT molecular complexity index is 480. The number of aromatic nitrogens is 3. The Balaban J connectivity index is 3.05. The largest absolute Gasteiger partial charge is 0.317 e. The van der Waals surface area contributed by atoms with Gasteiger partial charge in [0, 0.05) is 31.2 Å². The van der Waals surface area contributed by atoms with Gasteiger partial charge in [-0.25, -0.2) is 4.98 Å². The third-order valence-electron chi connectivity index (χ3n) is 2.01.